The highest BCUT2D eigenvalue weighted by atomic mass is 32.2. The third-order valence-corrected chi connectivity index (χ3v) is 3.96. The molecule has 1 aliphatic rings. The van der Waals surface area contributed by atoms with Gasteiger partial charge in [-0.2, -0.15) is 24.9 Å². The van der Waals surface area contributed by atoms with Crippen molar-refractivity contribution in [2.45, 2.75) is 32.0 Å². The standard InChI is InChI=1S/C11H19F3N2OS/c1-8(10(17)16-7-11(12,13)14)15-6-9-2-4-18-5-3-9/h8-9,15H,2-7H2,1H3,(H,16,17). The van der Waals surface area contributed by atoms with E-state index >= 15 is 0 Å². The molecule has 1 fully saturated rings. The molecule has 0 aromatic rings. The first-order valence-electron chi connectivity index (χ1n) is 6.04. The van der Waals surface area contributed by atoms with Gasteiger partial charge in [0.05, 0.1) is 6.04 Å². The van der Waals surface area contributed by atoms with E-state index in [4.69, 9.17) is 0 Å². The number of rotatable bonds is 5. The minimum atomic E-state index is -4.35. The Kier molecular flexibility index (Phi) is 6.28. The molecule has 0 radical (unpaired) electrons. The zero-order valence-corrected chi connectivity index (χ0v) is 11.2. The lowest BCUT2D eigenvalue weighted by Gasteiger charge is -2.23. The molecule has 1 unspecified atom stereocenters. The van der Waals surface area contributed by atoms with E-state index in [2.05, 4.69) is 5.32 Å². The molecule has 0 bridgehead atoms. The first-order chi connectivity index (χ1) is 8.38. The molecular formula is C11H19F3N2OS. The van der Waals surface area contributed by atoms with Gasteiger partial charge in [-0.1, -0.05) is 0 Å². The van der Waals surface area contributed by atoms with Crippen LogP contribution in [0.4, 0.5) is 13.2 Å². The second-order valence-electron chi connectivity index (χ2n) is 4.52. The van der Waals surface area contributed by atoms with E-state index < -0.39 is 24.7 Å². The van der Waals surface area contributed by atoms with Gasteiger partial charge in [-0.25, -0.2) is 0 Å². The Balaban J connectivity index is 2.18. The van der Waals surface area contributed by atoms with Gasteiger partial charge in [0.15, 0.2) is 0 Å². The normalized spacial score (nSPS) is 19.6. The molecule has 1 aliphatic heterocycles. The third kappa shape index (κ3) is 6.49. The highest BCUT2D eigenvalue weighted by Gasteiger charge is 2.28. The van der Waals surface area contributed by atoms with Crippen LogP contribution in [0, 0.1) is 5.92 Å². The molecule has 1 amide bonds. The Labute approximate surface area is 109 Å². The minimum Gasteiger partial charge on any atom is -0.346 e. The molecular weight excluding hydrogens is 265 g/mol. The van der Waals surface area contributed by atoms with Crippen LogP contribution in [0.1, 0.15) is 19.8 Å². The zero-order chi connectivity index (χ0) is 13.6. The van der Waals surface area contributed by atoms with Gasteiger partial charge in [0.25, 0.3) is 0 Å². The van der Waals surface area contributed by atoms with Crippen LogP contribution >= 0.6 is 11.8 Å². The molecule has 1 atom stereocenters. The van der Waals surface area contributed by atoms with Crippen molar-refractivity contribution in [3.63, 3.8) is 0 Å². The van der Waals surface area contributed by atoms with E-state index in [0.717, 1.165) is 24.3 Å². The molecule has 0 spiro atoms. The van der Waals surface area contributed by atoms with Gasteiger partial charge in [0, 0.05) is 0 Å². The summed E-state index contributed by atoms with van der Waals surface area (Å²) >= 11 is 1.92. The van der Waals surface area contributed by atoms with Crippen LogP contribution in [0.15, 0.2) is 0 Å². The van der Waals surface area contributed by atoms with Crippen LogP contribution in [0.3, 0.4) is 0 Å². The Morgan fingerprint density at radius 2 is 2.00 bits per heavy atom. The predicted molar refractivity (Wildman–Crippen MR) is 66.6 cm³/mol. The van der Waals surface area contributed by atoms with E-state index in [1.54, 1.807) is 6.92 Å². The van der Waals surface area contributed by atoms with Crippen molar-refractivity contribution >= 4 is 17.7 Å². The smallest absolute Gasteiger partial charge is 0.346 e. The molecule has 106 valence electrons. The van der Waals surface area contributed by atoms with Gasteiger partial charge in [-0.05, 0) is 43.7 Å². The Hall–Kier alpha value is -0.430. The SMILES string of the molecule is CC(NCC1CCSCC1)C(=O)NCC(F)(F)F. The molecule has 0 aliphatic carbocycles. The van der Waals surface area contributed by atoms with E-state index in [-0.39, 0.29) is 0 Å². The van der Waals surface area contributed by atoms with Crippen molar-refractivity contribution in [3.05, 3.63) is 0 Å². The van der Waals surface area contributed by atoms with Crippen LogP contribution in [0.2, 0.25) is 0 Å². The maximum atomic E-state index is 11.9. The number of carbonyl (C=O) groups is 1. The number of alkyl halides is 3. The van der Waals surface area contributed by atoms with Crippen molar-refractivity contribution in [2.24, 2.45) is 5.92 Å². The molecule has 7 heteroatoms. The van der Waals surface area contributed by atoms with Crippen molar-refractivity contribution in [1.29, 1.82) is 0 Å². The van der Waals surface area contributed by atoms with Crippen LogP contribution in [-0.4, -0.2) is 42.7 Å². The number of halogens is 3. The van der Waals surface area contributed by atoms with E-state index in [1.165, 1.54) is 0 Å². The Morgan fingerprint density at radius 1 is 1.39 bits per heavy atom. The highest BCUT2D eigenvalue weighted by molar-refractivity contribution is 7.99. The average Bonchev–Trinajstić information content (AvgIpc) is 2.33. The van der Waals surface area contributed by atoms with Gasteiger partial charge in [-0.3, -0.25) is 4.79 Å². The zero-order valence-electron chi connectivity index (χ0n) is 10.3. The number of hydrogen-bond donors (Lipinski definition) is 2. The van der Waals surface area contributed by atoms with E-state index in [9.17, 15) is 18.0 Å². The summed E-state index contributed by atoms with van der Waals surface area (Å²) in [5.74, 6) is 2.18. The summed E-state index contributed by atoms with van der Waals surface area (Å²) in [5.41, 5.74) is 0. The van der Waals surface area contributed by atoms with Crippen LogP contribution in [0.5, 0.6) is 0 Å². The summed E-state index contributed by atoms with van der Waals surface area (Å²) < 4.78 is 35.8. The van der Waals surface area contributed by atoms with Gasteiger partial charge < -0.3 is 10.6 Å². The molecule has 2 N–H and O–H groups in total. The topological polar surface area (TPSA) is 41.1 Å². The minimum absolute atomic E-state index is 0.532. The van der Waals surface area contributed by atoms with Crippen molar-refractivity contribution in [1.82, 2.24) is 10.6 Å². The molecule has 0 aromatic heterocycles. The molecule has 0 saturated carbocycles. The Morgan fingerprint density at radius 3 is 2.56 bits per heavy atom. The lowest BCUT2D eigenvalue weighted by atomic mass is 10.0. The van der Waals surface area contributed by atoms with Crippen LogP contribution < -0.4 is 10.6 Å². The number of hydrogen-bond acceptors (Lipinski definition) is 3. The summed E-state index contributed by atoms with van der Waals surface area (Å²) in [7, 11) is 0. The van der Waals surface area contributed by atoms with Crippen LogP contribution in [-0.2, 0) is 4.79 Å². The quantitative estimate of drug-likeness (QED) is 0.808. The predicted octanol–water partition coefficient (Wildman–Crippen LogP) is 1.79. The van der Waals surface area contributed by atoms with Crippen molar-refractivity contribution in [3.8, 4) is 0 Å². The molecule has 1 rings (SSSR count). The third-order valence-electron chi connectivity index (χ3n) is 2.91. The lowest BCUT2D eigenvalue weighted by Crippen LogP contribution is -2.46. The van der Waals surface area contributed by atoms with Crippen molar-refractivity contribution in [2.75, 3.05) is 24.6 Å². The van der Waals surface area contributed by atoms with Gasteiger partial charge in [0.1, 0.15) is 6.54 Å². The second-order valence-corrected chi connectivity index (χ2v) is 5.74. The summed E-state index contributed by atoms with van der Waals surface area (Å²) in [6, 6.07) is -0.582. The summed E-state index contributed by atoms with van der Waals surface area (Å²) in [4.78, 5) is 11.4. The van der Waals surface area contributed by atoms with E-state index in [1.807, 2.05) is 17.1 Å². The lowest BCUT2D eigenvalue weighted by molar-refractivity contribution is -0.139. The molecule has 0 aromatic carbocycles. The maximum Gasteiger partial charge on any atom is 0.405 e. The van der Waals surface area contributed by atoms with Gasteiger partial charge in [-0.15, -0.1) is 0 Å². The van der Waals surface area contributed by atoms with Gasteiger partial charge >= 0.3 is 6.18 Å². The fourth-order valence-corrected chi connectivity index (χ4v) is 2.93. The number of nitrogens with one attached hydrogen (secondary N) is 2. The Bertz CT molecular complexity index is 268. The monoisotopic (exact) mass is 284 g/mol. The first kappa shape index (κ1) is 15.6. The fraction of sp³-hybridized carbons (Fsp3) is 0.909. The number of amides is 1. The molecule has 1 saturated heterocycles. The molecule has 3 nitrogen and oxygen atoms in total. The fourth-order valence-electron chi connectivity index (χ4n) is 1.73. The summed E-state index contributed by atoms with van der Waals surface area (Å²) in [5, 5.41) is 4.88. The van der Waals surface area contributed by atoms with Crippen molar-refractivity contribution < 1.29 is 18.0 Å². The average molecular weight is 284 g/mol. The number of thioether (sulfide) groups is 1. The molecule has 18 heavy (non-hydrogen) atoms. The maximum absolute atomic E-state index is 11.9. The number of carbonyl (C=O) groups excluding carboxylic acids is 1. The largest absolute Gasteiger partial charge is 0.405 e. The summed E-state index contributed by atoms with van der Waals surface area (Å²) in [6.07, 6.45) is -2.14. The summed E-state index contributed by atoms with van der Waals surface area (Å²) in [6.45, 7) is 1.02. The second kappa shape index (κ2) is 7.23. The van der Waals surface area contributed by atoms with Gasteiger partial charge in [0.2, 0.25) is 5.91 Å². The first-order valence-corrected chi connectivity index (χ1v) is 7.19. The van der Waals surface area contributed by atoms with E-state index in [0.29, 0.717) is 12.5 Å². The highest BCUT2D eigenvalue weighted by Crippen LogP contribution is 2.21. The van der Waals surface area contributed by atoms with Crippen LogP contribution in [0.25, 0.3) is 0 Å². The molecule has 1 heterocycles.